The van der Waals surface area contributed by atoms with Crippen LogP contribution in [0.3, 0.4) is 0 Å². The van der Waals surface area contributed by atoms with Gasteiger partial charge in [-0.05, 0) is 82.4 Å². The molecule has 0 bridgehead atoms. The van der Waals surface area contributed by atoms with Crippen molar-refractivity contribution in [1.29, 1.82) is 0 Å². The maximum Gasteiger partial charge on any atom is 0.425 e. The third-order valence-corrected chi connectivity index (χ3v) is 14.1. The molecule has 2 saturated carbocycles. The summed E-state index contributed by atoms with van der Waals surface area (Å²) in [6, 6.07) is 2.44. The van der Waals surface area contributed by atoms with Gasteiger partial charge in [-0.2, -0.15) is 13.2 Å². The fourth-order valence-electron chi connectivity index (χ4n) is 7.98. The molecule has 3 fully saturated rings. The van der Waals surface area contributed by atoms with Crippen molar-refractivity contribution in [2.45, 2.75) is 113 Å². The molecule has 4 amide bonds. The SMILES string of the molecule is C[C@@H]1CC/C=C\[C@@H]2C[C@@]2(C(=O)NS(=O)(=O)C2(C)CC2)NC(=O)[C@@H]2C[C@@H](Oc3nccc4c5c(ccc34)OCCO5)CN2C(=O)[C@@H](NC(=O)O[C@H](C)C(F)(F)F)[C@H](C)C1. The van der Waals surface area contributed by atoms with Crippen molar-refractivity contribution in [2.75, 3.05) is 19.8 Å². The second-order valence-electron chi connectivity index (χ2n) is 16.5. The zero-order valence-electron chi connectivity index (χ0n) is 32.6. The van der Waals surface area contributed by atoms with Crippen LogP contribution in [0.4, 0.5) is 18.0 Å². The van der Waals surface area contributed by atoms with Crippen molar-refractivity contribution in [1.82, 2.24) is 25.2 Å². The molecule has 1 aromatic carbocycles. The smallest absolute Gasteiger partial charge is 0.425 e. The third kappa shape index (κ3) is 8.23. The van der Waals surface area contributed by atoms with Crippen LogP contribution in [-0.2, 0) is 29.1 Å². The quantitative estimate of drug-likeness (QED) is 0.338. The van der Waals surface area contributed by atoms with Crippen LogP contribution in [-0.4, -0.2) is 103 Å². The molecule has 1 aromatic heterocycles. The van der Waals surface area contributed by atoms with Crippen LogP contribution < -0.4 is 29.6 Å². The molecule has 15 nitrogen and oxygen atoms in total. The van der Waals surface area contributed by atoms with E-state index in [4.69, 9.17) is 14.2 Å². The molecule has 58 heavy (non-hydrogen) atoms. The van der Waals surface area contributed by atoms with Crippen LogP contribution in [0.5, 0.6) is 17.4 Å². The lowest BCUT2D eigenvalue weighted by molar-refractivity contribution is -0.197. The molecule has 4 heterocycles. The molecule has 0 spiro atoms. The van der Waals surface area contributed by atoms with E-state index in [-0.39, 0.29) is 31.2 Å². The minimum atomic E-state index is -4.85. The van der Waals surface area contributed by atoms with Gasteiger partial charge >= 0.3 is 12.3 Å². The molecular formula is C39H48F3N5O10S. The van der Waals surface area contributed by atoms with Gasteiger partial charge in [0.25, 0.3) is 5.91 Å². The van der Waals surface area contributed by atoms with Crippen LogP contribution in [0, 0.1) is 17.8 Å². The minimum absolute atomic E-state index is 0.0357. The van der Waals surface area contributed by atoms with E-state index >= 15 is 0 Å². The first-order valence-corrected chi connectivity index (χ1v) is 21.0. The van der Waals surface area contributed by atoms with Gasteiger partial charge in [0, 0.05) is 29.3 Å². The predicted octanol–water partition coefficient (Wildman–Crippen LogP) is 4.29. The third-order valence-electron chi connectivity index (χ3n) is 12.0. The van der Waals surface area contributed by atoms with Gasteiger partial charge in [0.05, 0.1) is 11.3 Å². The van der Waals surface area contributed by atoms with Gasteiger partial charge in [-0.15, -0.1) is 0 Å². The van der Waals surface area contributed by atoms with Crippen molar-refractivity contribution in [3.8, 4) is 17.4 Å². The normalized spacial score (nSPS) is 30.6. The summed E-state index contributed by atoms with van der Waals surface area (Å²) < 4.78 is 90.2. The molecule has 2 aromatic rings. The number of carbonyl (C=O) groups is 4. The van der Waals surface area contributed by atoms with Gasteiger partial charge < -0.3 is 34.5 Å². The van der Waals surface area contributed by atoms with Crippen molar-refractivity contribution in [2.24, 2.45) is 17.8 Å². The number of halogens is 3. The maximum absolute atomic E-state index is 14.7. The van der Waals surface area contributed by atoms with E-state index in [2.05, 4.69) is 25.1 Å². The Bertz CT molecular complexity index is 2110. The van der Waals surface area contributed by atoms with E-state index in [0.29, 0.717) is 74.5 Å². The minimum Gasteiger partial charge on any atom is -0.486 e. The second kappa shape index (κ2) is 15.4. The maximum atomic E-state index is 14.7. The lowest BCUT2D eigenvalue weighted by atomic mass is 9.88. The summed E-state index contributed by atoms with van der Waals surface area (Å²) in [7, 11) is -4.08. The van der Waals surface area contributed by atoms with Gasteiger partial charge in [0.1, 0.15) is 36.9 Å². The molecule has 1 saturated heterocycles. The number of pyridine rings is 1. The van der Waals surface area contributed by atoms with Gasteiger partial charge in [-0.1, -0.05) is 26.0 Å². The molecule has 19 heteroatoms. The van der Waals surface area contributed by atoms with E-state index < -0.39 is 86.4 Å². The number of hydrogen-bond donors (Lipinski definition) is 3. The van der Waals surface area contributed by atoms with Gasteiger partial charge in [0.15, 0.2) is 17.6 Å². The number of amides is 4. The number of carbonyl (C=O) groups excluding carboxylic acids is 4. The number of nitrogens with one attached hydrogen (secondary N) is 3. The van der Waals surface area contributed by atoms with Gasteiger partial charge in [-0.25, -0.2) is 18.2 Å². The van der Waals surface area contributed by atoms with Gasteiger partial charge in [-0.3, -0.25) is 19.1 Å². The Morgan fingerprint density at radius 1 is 1.09 bits per heavy atom. The number of benzene rings is 1. The molecular weight excluding hydrogens is 788 g/mol. The predicted molar refractivity (Wildman–Crippen MR) is 201 cm³/mol. The number of ether oxygens (including phenoxy) is 4. The number of rotatable bonds is 7. The number of aromatic nitrogens is 1. The largest absolute Gasteiger partial charge is 0.486 e. The van der Waals surface area contributed by atoms with E-state index in [1.807, 2.05) is 13.0 Å². The number of hydrogen-bond acceptors (Lipinski definition) is 11. The molecule has 5 aliphatic rings. The number of allylic oxidation sites excluding steroid dienone is 1. The number of alkyl carbamates (subject to hydrolysis) is 1. The second-order valence-corrected chi connectivity index (χ2v) is 18.7. The monoisotopic (exact) mass is 835 g/mol. The fraction of sp³-hybridized carbons (Fsp3) is 0.615. The number of sulfonamides is 1. The first-order valence-electron chi connectivity index (χ1n) is 19.6. The summed E-state index contributed by atoms with van der Waals surface area (Å²) in [6.07, 6.45) is -2.26. The summed E-state index contributed by atoms with van der Waals surface area (Å²) in [5.41, 5.74) is -1.65. The zero-order valence-corrected chi connectivity index (χ0v) is 33.4. The summed E-state index contributed by atoms with van der Waals surface area (Å²) in [4.78, 5) is 61.7. The Hall–Kier alpha value is -4.81. The summed E-state index contributed by atoms with van der Waals surface area (Å²) in [5, 5.41) is 6.36. The molecule has 316 valence electrons. The van der Waals surface area contributed by atoms with Crippen LogP contribution in [0.25, 0.3) is 10.8 Å². The first kappa shape index (κ1) is 41.4. The van der Waals surface area contributed by atoms with E-state index in [9.17, 15) is 40.8 Å². The van der Waals surface area contributed by atoms with Crippen LogP contribution in [0.1, 0.15) is 72.6 Å². The Balaban J connectivity index is 1.22. The Morgan fingerprint density at radius 2 is 1.83 bits per heavy atom. The van der Waals surface area contributed by atoms with Crippen LogP contribution >= 0.6 is 0 Å². The van der Waals surface area contributed by atoms with Crippen molar-refractivity contribution >= 4 is 44.6 Å². The molecule has 2 aliphatic carbocycles. The molecule has 3 N–H and O–H groups in total. The van der Waals surface area contributed by atoms with Crippen molar-refractivity contribution < 1.29 is 59.7 Å². The number of nitrogens with zero attached hydrogens (tertiary/aromatic N) is 2. The number of alkyl halides is 3. The van der Waals surface area contributed by atoms with Crippen molar-refractivity contribution in [3.63, 3.8) is 0 Å². The van der Waals surface area contributed by atoms with E-state index in [0.717, 1.165) is 0 Å². The average Bonchev–Trinajstić information content (AvgIpc) is 4.04. The van der Waals surface area contributed by atoms with Crippen LogP contribution in [0.15, 0.2) is 36.5 Å². The van der Waals surface area contributed by atoms with E-state index in [1.165, 1.54) is 18.0 Å². The molecule has 0 unspecified atom stereocenters. The lowest BCUT2D eigenvalue weighted by Gasteiger charge is -2.33. The molecule has 3 aliphatic heterocycles. The van der Waals surface area contributed by atoms with Gasteiger partial charge in [0.2, 0.25) is 27.7 Å². The fourth-order valence-corrected chi connectivity index (χ4v) is 9.29. The number of fused-ring (bicyclic) bond motifs is 5. The first-order chi connectivity index (χ1) is 27.3. The highest BCUT2D eigenvalue weighted by Gasteiger charge is 2.63. The molecule has 8 atom stereocenters. The standard InChI is InChI=1S/C39H48F3N5O10S/c1-21-7-5-6-8-24-19-38(24,35(50)46-58(52,53)37(4)12-13-37)45-32(48)28-18-25(57-33-27-9-10-29-31(55-16-15-54-29)26(27)11-14-43-33)20-47(28)34(49)30(22(2)17-21)44-36(51)56-23(3)39(40,41)42/h6,8-11,14,21-25,28,30H,5,7,12-13,15-20H2,1-4H3,(H,44,51)(H,45,48)(H,46,50)/b8-6-/t21-,22-,23-,24-,25-,28+,30+,38-/m1/s1. The lowest BCUT2D eigenvalue weighted by Crippen LogP contribution is -2.59. The van der Waals surface area contributed by atoms with Crippen LogP contribution in [0.2, 0.25) is 0 Å². The average molecular weight is 836 g/mol. The Morgan fingerprint density at radius 3 is 2.55 bits per heavy atom. The highest BCUT2D eigenvalue weighted by molar-refractivity contribution is 7.91. The van der Waals surface area contributed by atoms with Crippen molar-refractivity contribution in [3.05, 3.63) is 36.5 Å². The Kier molecular flexibility index (Phi) is 11.0. The summed E-state index contributed by atoms with van der Waals surface area (Å²) >= 11 is 0. The highest BCUT2D eigenvalue weighted by Crippen LogP contribution is 2.48. The molecule has 0 radical (unpaired) electrons. The molecule has 7 rings (SSSR count). The summed E-state index contributed by atoms with van der Waals surface area (Å²) in [5.74, 6) is -2.47. The zero-order chi connectivity index (χ0) is 41.8. The van der Waals surface area contributed by atoms with E-state index in [1.54, 1.807) is 31.2 Å². The topological polar surface area (TPSA) is 192 Å². The highest BCUT2D eigenvalue weighted by atomic mass is 32.2. The Labute approximate surface area is 333 Å². The summed E-state index contributed by atoms with van der Waals surface area (Å²) in [6.45, 7) is 6.31.